The Labute approximate surface area is 148 Å². The second-order valence-corrected chi connectivity index (χ2v) is 6.73. The predicted octanol–water partition coefficient (Wildman–Crippen LogP) is 1.96. The highest BCUT2D eigenvalue weighted by atomic mass is 32.1. The lowest BCUT2D eigenvalue weighted by molar-refractivity contribution is -0.131. The van der Waals surface area contributed by atoms with Gasteiger partial charge in [0.2, 0.25) is 0 Å². The standard InChI is InChI=1S/C18H23N3O2S/c1-11-4-5-14(10-12(11)2)16-15(13(3)19-18(24)20-16)17(22)21-6-8-23-9-7-21/h4-5,10,16H,6-9H2,1-3H3,(H2,19,20,24)/t16-/m0/s1. The number of hydrogen-bond acceptors (Lipinski definition) is 3. The molecule has 3 rings (SSSR count). The molecule has 1 fully saturated rings. The molecule has 0 aliphatic carbocycles. The zero-order valence-electron chi connectivity index (χ0n) is 14.3. The monoisotopic (exact) mass is 345 g/mol. The van der Waals surface area contributed by atoms with Crippen LogP contribution in [-0.4, -0.2) is 42.2 Å². The topological polar surface area (TPSA) is 53.6 Å². The molecule has 2 heterocycles. The van der Waals surface area contributed by atoms with Crippen LogP contribution in [0.2, 0.25) is 0 Å². The molecule has 0 spiro atoms. The lowest BCUT2D eigenvalue weighted by Crippen LogP contribution is -2.49. The fourth-order valence-corrected chi connectivity index (χ4v) is 3.38. The fraction of sp³-hybridized carbons (Fsp3) is 0.444. The highest BCUT2D eigenvalue weighted by molar-refractivity contribution is 7.80. The lowest BCUT2D eigenvalue weighted by atomic mass is 9.92. The van der Waals surface area contributed by atoms with Crippen LogP contribution in [0.15, 0.2) is 29.5 Å². The number of thiocarbonyl (C=S) groups is 1. The summed E-state index contributed by atoms with van der Waals surface area (Å²) in [5, 5.41) is 6.91. The minimum absolute atomic E-state index is 0.0431. The second-order valence-electron chi connectivity index (χ2n) is 6.32. The van der Waals surface area contributed by atoms with E-state index in [4.69, 9.17) is 17.0 Å². The number of carbonyl (C=O) groups excluding carboxylic acids is 1. The summed E-state index contributed by atoms with van der Waals surface area (Å²) >= 11 is 5.31. The molecule has 24 heavy (non-hydrogen) atoms. The Bertz CT molecular complexity index is 708. The maximum atomic E-state index is 13.1. The molecule has 0 aromatic heterocycles. The zero-order valence-corrected chi connectivity index (χ0v) is 15.1. The highest BCUT2D eigenvalue weighted by Crippen LogP contribution is 2.29. The average molecular weight is 345 g/mol. The smallest absolute Gasteiger partial charge is 0.254 e. The molecule has 1 saturated heterocycles. The van der Waals surface area contributed by atoms with Crippen LogP contribution < -0.4 is 10.6 Å². The molecule has 2 N–H and O–H groups in total. The van der Waals surface area contributed by atoms with E-state index in [0.29, 0.717) is 31.4 Å². The van der Waals surface area contributed by atoms with Gasteiger partial charge < -0.3 is 20.3 Å². The lowest BCUT2D eigenvalue weighted by Gasteiger charge is -2.35. The first-order chi connectivity index (χ1) is 11.5. The third-order valence-electron chi connectivity index (χ3n) is 4.66. The predicted molar refractivity (Wildman–Crippen MR) is 97.6 cm³/mol. The molecular weight excluding hydrogens is 322 g/mol. The van der Waals surface area contributed by atoms with Crippen molar-refractivity contribution in [3.05, 3.63) is 46.2 Å². The van der Waals surface area contributed by atoms with Crippen LogP contribution in [0.3, 0.4) is 0 Å². The Hall–Kier alpha value is -1.92. The van der Waals surface area contributed by atoms with E-state index in [1.807, 2.05) is 11.8 Å². The highest BCUT2D eigenvalue weighted by Gasteiger charge is 2.33. The van der Waals surface area contributed by atoms with E-state index in [9.17, 15) is 4.79 Å². The van der Waals surface area contributed by atoms with Crippen LogP contribution >= 0.6 is 12.2 Å². The summed E-state index contributed by atoms with van der Waals surface area (Å²) in [6, 6.07) is 6.05. The van der Waals surface area contributed by atoms with E-state index < -0.39 is 0 Å². The molecule has 0 unspecified atom stereocenters. The first kappa shape index (κ1) is 16.9. The van der Waals surface area contributed by atoms with Crippen LogP contribution in [0.4, 0.5) is 0 Å². The number of nitrogens with zero attached hydrogens (tertiary/aromatic N) is 1. The minimum atomic E-state index is -0.228. The molecule has 1 aromatic carbocycles. The summed E-state index contributed by atoms with van der Waals surface area (Å²) < 4.78 is 5.36. The van der Waals surface area contributed by atoms with Gasteiger partial charge in [0.25, 0.3) is 5.91 Å². The van der Waals surface area contributed by atoms with Crippen molar-refractivity contribution >= 4 is 23.2 Å². The van der Waals surface area contributed by atoms with Crippen molar-refractivity contribution in [1.82, 2.24) is 15.5 Å². The number of carbonyl (C=O) groups is 1. The van der Waals surface area contributed by atoms with E-state index in [2.05, 4.69) is 42.7 Å². The van der Waals surface area contributed by atoms with Crippen LogP contribution in [0, 0.1) is 13.8 Å². The van der Waals surface area contributed by atoms with Gasteiger partial charge in [0, 0.05) is 18.8 Å². The molecule has 1 atom stereocenters. The van der Waals surface area contributed by atoms with Gasteiger partial charge in [-0.05, 0) is 49.7 Å². The Morgan fingerprint density at radius 3 is 2.58 bits per heavy atom. The van der Waals surface area contributed by atoms with Gasteiger partial charge in [-0.3, -0.25) is 4.79 Å². The SMILES string of the molecule is CC1=C(C(=O)N2CCOCC2)[C@H](c2ccc(C)c(C)c2)NC(=S)N1. The number of morpholine rings is 1. The van der Waals surface area contributed by atoms with Crippen LogP contribution in [0.1, 0.15) is 29.7 Å². The number of ether oxygens (including phenoxy) is 1. The molecule has 2 aliphatic heterocycles. The molecule has 5 nitrogen and oxygen atoms in total. The molecule has 128 valence electrons. The van der Waals surface area contributed by atoms with E-state index >= 15 is 0 Å². The van der Waals surface area contributed by atoms with Gasteiger partial charge in [-0.25, -0.2) is 0 Å². The van der Waals surface area contributed by atoms with E-state index in [1.54, 1.807) is 0 Å². The Morgan fingerprint density at radius 2 is 1.92 bits per heavy atom. The van der Waals surface area contributed by atoms with Crippen molar-refractivity contribution in [2.75, 3.05) is 26.3 Å². The third-order valence-corrected chi connectivity index (χ3v) is 4.88. The molecule has 1 aromatic rings. The number of nitrogens with one attached hydrogen (secondary N) is 2. The molecule has 2 aliphatic rings. The van der Waals surface area contributed by atoms with Gasteiger partial charge in [-0.2, -0.15) is 0 Å². The van der Waals surface area contributed by atoms with Gasteiger partial charge in [0.15, 0.2) is 5.11 Å². The van der Waals surface area contributed by atoms with E-state index in [-0.39, 0.29) is 11.9 Å². The van der Waals surface area contributed by atoms with Crippen LogP contribution in [-0.2, 0) is 9.53 Å². The van der Waals surface area contributed by atoms with Crippen molar-refractivity contribution < 1.29 is 9.53 Å². The largest absolute Gasteiger partial charge is 0.378 e. The molecule has 0 radical (unpaired) electrons. The van der Waals surface area contributed by atoms with Crippen molar-refractivity contribution in [2.45, 2.75) is 26.8 Å². The van der Waals surface area contributed by atoms with Crippen LogP contribution in [0.25, 0.3) is 0 Å². The first-order valence-corrected chi connectivity index (χ1v) is 8.60. The maximum absolute atomic E-state index is 13.1. The summed E-state index contributed by atoms with van der Waals surface area (Å²) in [7, 11) is 0. The van der Waals surface area contributed by atoms with Gasteiger partial charge in [0.1, 0.15) is 0 Å². The summed E-state index contributed by atoms with van der Waals surface area (Å²) in [5.41, 5.74) is 5.04. The summed E-state index contributed by atoms with van der Waals surface area (Å²) in [5.74, 6) is 0.0431. The van der Waals surface area contributed by atoms with Gasteiger partial charge in [-0.15, -0.1) is 0 Å². The Balaban J connectivity index is 1.98. The van der Waals surface area contributed by atoms with Gasteiger partial charge >= 0.3 is 0 Å². The summed E-state index contributed by atoms with van der Waals surface area (Å²) in [6.45, 7) is 8.50. The van der Waals surface area contributed by atoms with Crippen molar-refractivity contribution in [3.8, 4) is 0 Å². The molecule has 0 bridgehead atoms. The number of rotatable bonds is 2. The summed E-state index contributed by atoms with van der Waals surface area (Å²) in [4.78, 5) is 15.0. The number of hydrogen-bond donors (Lipinski definition) is 2. The number of allylic oxidation sites excluding steroid dienone is 1. The van der Waals surface area contributed by atoms with Crippen molar-refractivity contribution in [2.24, 2.45) is 0 Å². The van der Waals surface area contributed by atoms with Crippen molar-refractivity contribution in [1.29, 1.82) is 0 Å². The quantitative estimate of drug-likeness (QED) is 0.803. The zero-order chi connectivity index (χ0) is 17.3. The molecule has 6 heteroatoms. The van der Waals surface area contributed by atoms with E-state index in [0.717, 1.165) is 16.8 Å². The Morgan fingerprint density at radius 1 is 1.21 bits per heavy atom. The average Bonchev–Trinajstić information content (AvgIpc) is 2.57. The molecular formula is C18H23N3O2S. The maximum Gasteiger partial charge on any atom is 0.254 e. The number of aryl methyl sites for hydroxylation is 2. The van der Waals surface area contributed by atoms with E-state index in [1.165, 1.54) is 11.1 Å². The molecule has 0 saturated carbocycles. The van der Waals surface area contributed by atoms with Crippen molar-refractivity contribution in [3.63, 3.8) is 0 Å². The van der Waals surface area contributed by atoms with Gasteiger partial charge in [0.05, 0.1) is 24.8 Å². The normalized spacial score (nSPS) is 21.4. The first-order valence-electron chi connectivity index (χ1n) is 8.20. The van der Waals surface area contributed by atoms with Crippen LogP contribution in [0.5, 0.6) is 0 Å². The third kappa shape index (κ3) is 3.30. The Kier molecular flexibility index (Phi) is 4.87. The second kappa shape index (κ2) is 6.91. The number of benzene rings is 1. The summed E-state index contributed by atoms with van der Waals surface area (Å²) in [6.07, 6.45) is 0. The van der Waals surface area contributed by atoms with Gasteiger partial charge in [-0.1, -0.05) is 18.2 Å². The number of amides is 1. The minimum Gasteiger partial charge on any atom is -0.378 e. The fourth-order valence-electron chi connectivity index (χ4n) is 3.11. The molecule has 1 amide bonds.